The molecule has 9 heteroatoms. The number of nitrogens with zero attached hydrogens (tertiary/aromatic N) is 2. The molecule has 0 bridgehead atoms. The summed E-state index contributed by atoms with van der Waals surface area (Å²) in [5, 5.41) is 4.29. The Morgan fingerprint density at radius 1 is 1.31 bits per heavy atom. The van der Waals surface area contributed by atoms with Crippen molar-refractivity contribution in [3.05, 3.63) is 61.8 Å². The van der Waals surface area contributed by atoms with Gasteiger partial charge in [0.25, 0.3) is 5.56 Å². The van der Waals surface area contributed by atoms with Crippen molar-refractivity contribution < 1.29 is 9.53 Å². The van der Waals surface area contributed by atoms with Crippen LogP contribution in [-0.4, -0.2) is 34.9 Å². The summed E-state index contributed by atoms with van der Waals surface area (Å²) in [5.74, 6) is -0.0731. The topological polar surface area (TPSA) is 73.2 Å². The molecule has 0 unspecified atom stereocenters. The summed E-state index contributed by atoms with van der Waals surface area (Å²) in [6.45, 7) is 2.66. The van der Waals surface area contributed by atoms with Gasteiger partial charge in [0.2, 0.25) is 5.91 Å². The molecule has 0 aliphatic rings. The van der Waals surface area contributed by atoms with Gasteiger partial charge in [-0.05, 0) is 48.9 Å². The normalized spacial score (nSPS) is 11.0. The number of rotatable bonds is 7. The van der Waals surface area contributed by atoms with Gasteiger partial charge in [0, 0.05) is 22.3 Å². The van der Waals surface area contributed by atoms with E-state index in [4.69, 9.17) is 16.3 Å². The van der Waals surface area contributed by atoms with Crippen LogP contribution >= 0.6 is 39.3 Å². The van der Waals surface area contributed by atoms with Gasteiger partial charge in [-0.15, -0.1) is 0 Å². The molecule has 0 saturated carbocycles. The minimum Gasteiger partial charge on any atom is -0.383 e. The lowest BCUT2D eigenvalue weighted by molar-refractivity contribution is -0.113. The maximum atomic E-state index is 12.9. The number of anilines is 1. The van der Waals surface area contributed by atoms with Crippen molar-refractivity contribution in [3.8, 4) is 0 Å². The summed E-state index contributed by atoms with van der Waals surface area (Å²) in [6.07, 6.45) is 0. The molecule has 1 amide bonds. The highest BCUT2D eigenvalue weighted by Gasteiger charge is 2.14. The first-order valence-electron chi connectivity index (χ1n) is 8.77. The predicted molar refractivity (Wildman–Crippen MR) is 121 cm³/mol. The van der Waals surface area contributed by atoms with Crippen molar-refractivity contribution in [2.75, 3.05) is 24.8 Å². The molecule has 1 N–H and O–H groups in total. The van der Waals surface area contributed by atoms with Crippen LogP contribution in [0, 0.1) is 6.92 Å². The molecular formula is C20H19BrClN3O3S. The number of hydrogen-bond acceptors (Lipinski definition) is 5. The van der Waals surface area contributed by atoms with E-state index in [1.54, 1.807) is 25.3 Å². The zero-order valence-corrected chi connectivity index (χ0v) is 19.0. The maximum Gasteiger partial charge on any atom is 0.262 e. The minimum atomic E-state index is -0.185. The summed E-state index contributed by atoms with van der Waals surface area (Å²) in [5.41, 5.74) is 2.06. The molecule has 2 aromatic carbocycles. The van der Waals surface area contributed by atoms with Crippen molar-refractivity contribution in [1.82, 2.24) is 9.55 Å². The van der Waals surface area contributed by atoms with Crippen LogP contribution in [0.3, 0.4) is 0 Å². The van der Waals surface area contributed by atoms with E-state index in [2.05, 4.69) is 26.2 Å². The Morgan fingerprint density at radius 2 is 2.10 bits per heavy atom. The molecule has 6 nitrogen and oxygen atoms in total. The average Bonchev–Trinajstić information content (AvgIpc) is 2.68. The predicted octanol–water partition coefficient (Wildman–Crippen LogP) is 4.50. The number of carbonyl (C=O) groups excluding carboxylic acids is 1. The first kappa shape index (κ1) is 21.8. The van der Waals surface area contributed by atoms with Gasteiger partial charge in [-0.2, -0.15) is 0 Å². The van der Waals surface area contributed by atoms with Crippen LogP contribution in [0.4, 0.5) is 5.69 Å². The van der Waals surface area contributed by atoms with E-state index < -0.39 is 0 Å². The first-order valence-corrected chi connectivity index (χ1v) is 10.9. The Balaban J connectivity index is 1.82. The third kappa shape index (κ3) is 5.39. The highest BCUT2D eigenvalue weighted by atomic mass is 79.9. The van der Waals surface area contributed by atoms with Crippen LogP contribution in [0.15, 0.2) is 50.8 Å². The fourth-order valence-corrected chi connectivity index (χ4v) is 3.95. The smallest absolute Gasteiger partial charge is 0.262 e. The van der Waals surface area contributed by atoms with Crippen molar-refractivity contribution >= 4 is 61.8 Å². The van der Waals surface area contributed by atoms with E-state index in [1.165, 1.54) is 16.3 Å². The van der Waals surface area contributed by atoms with E-state index in [9.17, 15) is 9.59 Å². The number of fused-ring (bicyclic) bond motifs is 1. The van der Waals surface area contributed by atoms with Crippen LogP contribution in [0.1, 0.15) is 5.56 Å². The summed E-state index contributed by atoms with van der Waals surface area (Å²) in [6, 6.07) is 10.6. The fraction of sp³-hybridized carbons (Fsp3) is 0.250. The summed E-state index contributed by atoms with van der Waals surface area (Å²) >= 11 is 10.7. The second kappa shape index (κ2) is 9.75. The standard InChI is InChI=1S/C20H19BrClN3O3S/c1-12-9-14(4-6-16(12)21)23-18(26)11-29-20-24-17-10-13(22)3-5-15(17)19(27)25(20)7-8-28-2/h3-6,9-10H,7-8,11H2,1-2H3,(H,23,26). The molecule has 1 aromatic heterocycles. The molecule has 0 spiro atoms. The molecule has 152 valence electrons. The zero-order chi connectivity index (χ0) is 21.0. The SMILES string of the molecule is COCCn1c(SCC(=O)Nc2ccc(Br)c(C)c2)nc2cc(Cl)ccc2c1=O. The van der Waals surface area contributed by atoms with Gasteiger partial charge in [0.05, 0.1) is 29.8 Å². The van der Waals surface area contributed by atoms with Gasteiger partial charge in [-0.3, -0.25) is 14.2 Å². The van der Waals surface area contributed by atoms with E-state index >= 15 is 0 Å². The Morgan fingerprint density at radius 3 is 2.83 bits per heavy atom. The number of ether oxygens (including phenoxy) is 1. The molecular weight excluding hydrogens is 478 g/mol. The van der Waals surface area contributed by atoms with Crippen LogP contribution < -0.4 is 10.9 Å². The first-order chi connectivity index (χ1) is 13.9. The Hall–Kier alpha value is -1.87. The van der Waals surface area contributed by atoms with Crippen molar-refractivity contribution in [2.45, 2.75) is 18.6 Å². The van der Waals surface area contributed by atoms with Crippen molar-refractivity contribution in [3.63, 3.8) is 0 Å². The molecule has 0 atom stereocenters. The monoisotopic (exact) mass is 495 g/mol. The molecule has 29 heavy (non-hydrogen) atoms. The second-order valence-electron chi connectivity index (χ2n) is 6.31. The van der Waals surface area contributed by atoms with Crippen molar-refractivity contribution in [1.29, 1.82) is 0 Å². The van der Waals surface area contributed by atoms with Gasteiger partial charge in [-0.25, -0.2) is 4.98 Å². The highest BCUT2D eigenvalue weighted by molar-refractivity contribution is 9.10. The minimum absolute atomic E-state index is 0.112. The van der Waals surface area contributed by atoms with Gasteiger partial charge < -0.3 is 10.1 Å². The van der Waals surface area contributed by atoms with Crippen molar-refractivity contribution in [2.24, 2.45) is 0 Å². The lowest BCUT2D eigenvalue weighted by atomic mass is 10.2. The number of benzene rings is 2. The molecule has 0 aliphatic heterocycles. The fourth-order valence-electron chi connectivity index (χ4n) is 2.71. The van der Waals surface area contributed by atoms with Crippen LogP contribution in [0.5, 0.6) is 0 Å². The van der Waals surface area contributed by atoms with Crippen LogP contribution in [-0.2, 0) is 16.1 Å². The third-order valence-electron chi connectivity index (χ3n) is 4.18. The Kier molecular flexibility index (Phi) is 7.34. The Bertz CT molecular complexity index is 1120. The number of carbonyl (C=O) groups is 1. The highest BCUT2D eigenvalue weighted by Crippen LogP contribution is 2.22. The summed E-state index contributed by atoms with van der Waals surface area (Å²) in [7, 11) is 1.57. The molecule has 3 aromatic rings. The van der Waals surface area contributed by atoms with Crippen LogP contribution in [0.2, 0.25) is 5.02 Å². The largest absolute Gasteiger partial charge is 0.383 e. The van der Waals surface area contributed by atoms with E-state index in [0.29, 0.717) is 39.9 Å². The third-order valence-corrected chi connectivity index (χ3v) is 6.28. The maximum absolute atomic E-state index is 12.9. The number of aryl methyl sites for hydroxylation is 1. The molecule has 0 aliphatic carbocycles. The van der Waals surface area contributed by atoms with Gasteiger partial charge in [0.1, 0.15) is 0 Å². The molecule has 0 radical (unpaired) electrons. The van der Waals surface area contributed by atoms with E-state index in [1.807, 2.05) is 25.1 Å². The molecule has 1 heterocycles. The van der Waals surface area contributed by atoms with Crippen LogP contribution in [0.25, 0.3) is 10.9 Å². The number of nitrogens with one attached hydrogen (secondary N) is 1. The number of halogens is 2. The van der Waals surface area contributed by atoms with E-state index in [0.717, 1.165) is 10.0 Å². The average molecular weight is 497 g/mol. The summed E-state index contributed by atoms with van der Waals surface area (Å²) < 4.78 is 7.62. The zero-order valence-electron chi connectivity index (χ0n) is 15.9. The molecule has 0 fully saturated rings. The summed E-state index contributed by atoms with van der Waals surface area (Å²) in [4.78, 5) is 29.8. The quantitative estimate of drug-likeness (QED) is 0.385. The number of aromatic nitrogens is 2. The molecule has 3 rings (SSSR count). The second-order valence-corrected chi connectivity index (χ2v) is 8.54. The lowest BCUT2D eigenvalue weighted by Gasteiger charge is -2.13. The Labute approximate surface area is 185 Å². The van der Waals surface area contributed by atoms with Gasteiger partial charge in [0.15, 0.2) is 5.16 Å². The number of thioether (sulfide) groups is 1. The van der Waals surface area contributed by atoms with Gasteiger partial charge >= 0.3 is 0 Å². The number of methoxy groups -OCH3 is 1. The van der Waals surface area contributed by atoms with Gasteiger partial charge in [-0.1, -0.05) is 39.3 Å². The number of hydrogen-bond donors (Lipinski definition) is 1. The molecule has 0 saturated heterocycles. The lowest BCUT2D eigenvalue weighted by Crippen LogP contribution is -2.26. The number of amides is 1. The van der Waals surface area contributed by atoms with E-state index in [-0.39, 0.29) is 17.2 Å².